The van der Waals surface area contributed by atoms with E-state index in [2.05, 4.69) is 16.7 Å². The number of carbonyl (C=O) groups excluding carboxylic acids is 1. The Kier molecular flexibility index (Phi) is 3.37. The van der Waals surface area contributed by atoms with Crippen molar-refractivity contribution in [1.82, 2.24) is 5.32 Å². The van der Waals surface area contributed by atoms with Gasteiger partial charge in [0, 0.05) is 12.2 Å². The van der Waals surface area contributed by atoms with Gasteiger partial charge in [0.15, 0.2) is 0 Å². The fourth-order valence-electron chi connectivity index (χ4n) is 2.32. The predicted molar refractivity (Wildman–Crippen MR) is 70.5 cm³/mol. The number of hydrogen-bond donors (Lipinski definition) is 2. The largest absolute Gasteiger partial charge is 0.494 e. The lowest BCUT2D eigenvalue weighted by molar-refractivity contribution is -0.117. The van der Waals surface area contributed by atoms with Crippen molar-refractivity contribution in [3.05, 3.63) is 41.3 Å². The SMILES string of the molecule is O=C(Nc1cccc2c1CCNC2)C1=COCCO1. The highest BCUT2D eigenvalue weighted by molar-refractivity contribution is 6.02. The Morgan fingerprint density at radius 2 is 2.26 bits per heavy atom. The molecule has 0 saturated heterocycles. The Balaban J connectivity index is 1.79. The normalized spacial score (nSPS) is 17.6. The lowest BCUT2D eigenvalue weighted by Gasteiger charge is -2.21. The van der Waals surface area contributed by atoms with E-state index in [0.717, 1.165) is 25.2 Å². The molecule has 0 fully saturated rings. The van der Waals surface area contributed by atoms with E-state index in [9.17, 15) is 4.79 Å². The molecule has 1 amide bonds. The zero-order valence-electron chi connectivity index (χ0n) is 10.6. The number of amides is 1. The third-order valence-electron chi connectivity index (χ3n) is 3.26. The molecule has 0 spiro atoms. The monoisotopic (exact) mass is 260 g/mol. The second-order valence-corrected chi connectivity index (χ2v) is 4.53. The first-order valence-corrected chi connectivity index (χ1v) is 6.42. The molecule has 0 saturated carbocycles. The molecule has 5 heteroatoms. The van der Waals surface area contributed by atoms with Crippen LogP contribution < -0.4 is 10.6 Å². The van der Waals surface area contributed by atoms with Crippen molar-refractivity contribution in [2.45, 2.75) is 13.0 Å². The highest BCUT2D eigenvalue weighted by Gasteiger charge is 2.18. The summed E-state index contributed by atoms with van der Waals surface area (Å²) in [6.07, 6.45) is 2.29. The average molecular weight is 260 g/mol. The summed E-state index contributed by atoms with van der Waals surface area (Å²) >= 11 is 0. The van der Waals surface area contributed by atoms with Gasteiger partial charge in [-0.3, -0.25) is 4.79 Å². The number of ether oxygens (including phenoxy) is 2. The highest BCUT2D eigenvalue weighted by Crippen LogP contribution is 2.23. The lowest BCUT2D eigenvalue weighted by Crippen LogP contribution is -2.26. The van der Waals surface area contributed by atoms with Crippen molar-refractivity contribution in [1.29, 1.82) is 0 Å². The zero-order valence-corrected chi connectivity index (χ0v) is 10.6. The van der Waals surface area contributed by atoms with Gasteiger partial charge in [0.05, 0.1) is 0 Å². The Labute approximate surface area is 111 Å². The van der Waals surface area contributed by atoms with Crippen LogP contribution in [0.3, 0.4) is 0 Å². The summed E-state index contributed by atoms with van der Waals surface area (Å²) in [7, 11) is 0. The van der Waals surface area contributed by atoms with Gasteiger partial charge >= 0.3 is 0 Å². The maximum Gasteiger partial charge on any atom is 0.294 e. The molecular formula is C14H16N2O3. The van der Waals surface area contributed by atoms with Gasteiger partial charge in [-0.2, -0.15) is 0 Å². The van der Waals surface area contributed by atoms with E-state index in [-0.39, 0.29) is 11.7 Å². The molecule has 100 valence electrons. The summed E-state index contributed by atoms with van der Waals surface area (Å²) in [6, 6.07) is 5.96. The molecular weight excluding hydrogens is 244 g/mol. The van der Waals surface area contributed by atoms with Crippen LogP contribution in [-0.2, 0) is 27.2 Å². The fourth-order valence-corrected chi connectivity index (χ4v) is 2.32. The Bertz CT molecular complexity index is 525. The zero-order chi connectivity index (χ0) is 13.1. The van der Waals surface area contributed by atoms with Crippen molar-refractivity contribution in [2.24, 2.45) is 0 Å². The molecule has 0 bridgehead atoms. The molecule has 2 heterocycles. The second-order valence-electron chi connectivity index (χ2n) is 4.53. The van der Waals surface area contributed by atoms with Crippen molar-refractivity contribution in [3.8, 4) is 0 Å². The molecule has 0 atom stereocenters. The van der Waals surface area contributed by atoms with Crippen LogP contribution in [0.5, 0.6) is 0 Å². The maximum atomic E-state index is 12.1. The smallest absolute Gasteiger partial charge is 0.294 e. The van der Waals surface area contributed by atoms with Crippen LogP contribution in [-0.4, -0.2) is 25.7 Å². The van der Waals surface area contributed by atoms with Crippen molar-refractivity contribution in [2.75, 3.05) is 25.1 Å². The van der Waals surface area contributed by atoms with Gasteiger partial charge < -0.3 is 20.1 Å². The van der Waals surface area contributed by atoms with Crippen molar-refractivity contribution >= 4 is 11.6 Å². The Hall–Kier alpha value is -2.01. The third-order valence-corrected chi connectivity index (χ3v) is 3.26. The highest BCUT2D eigenvalue weighted by atomic mass is 16.6. The predicted octanol–water partition coefficient (Wildman–Crippen LogP) is 1.16. The van der Waals surface area contributed by atoms with E-state index in [0.29, 0.717) is 13.2 Å². The molecule has 0 aliphatic carbocycles. The molecule has 5 nitrogen and oxygen atoms in total. The van der Waals surface area contributed by atoms with Gasteiger partial charge in [-0.15, -0.1) is 0 Å². The van der Waals surface area contributed by atoms with E-state index < -0.39 is 0 Å². The summed E-state index contributed by atoms with van der Waals surface area (Å²) in [5.74, 6) is -0.0237. The van der Waals surface area contributed by atoms with E-state index in [1.54, 1.807) is 0 Å². The molecule has 1 aromatic rings. The first kappa shape index (κ1) is 12.0. The molecule has 0 radical (unpaired) electrons. The standard InChI is InChI=1S/C14H16N2O3/c17-14(13-9-18-6-7-19-13)16-12-3-1-2-10-8-15-5-4-11(10)12/h1-3,9,15H,4-8H2,(H,16,17). The van der Waals surface area contributed by atoms with Crippen molar-refractivity contribution in [3.63, 3.8) is 0 Å². The summed E-state index contributed by atoms with van der Waals surface area (Å²) in [6.45, 7) is 2.68. The van der Waals surface area contributed by atoms with Crippen LogP contribution in [0.25, 0.3) is 0 Å². The minimum atomic E-state index is -0.258. The van der Waals surface area contributed by atoms with Crippen LogP contribution in [0.2, 0.25) is 0 Å². The van der Waals surface area contributed by atoms with Crippen LogP contribution in [0.1, 0.15) is 11.1 Å². The molecule has 2 aliphatic rings. The Morgan fingerprint density at radius 3 is 3.11 bits per heavy atom. The quantitative estimate of drug-likeness (QED) is 0.837. The van der Waals surface area contributed by atoms with Gasteiger partial charge in [0.1, 0.15) is 19.5 Å². The molecule has 2 aliphatic heterocycles. The molecule has 1 aromatic carbocycles. The first-order valence-electron chi connectivity index (χ1n) is 6.42. The van der Waals surface area contributed by atoms with Crippen LogP contribution in [0.15, 0.2) is 30.2 Å². The van der Waals surface area contributed by atoms with Gasteiger partial charge in [-0.1, -0.05) is 12.1 Å². The molecule has 0 aromatic heterocycles. The topological polar surface area (TPSA) is 59.6 Å². The average Bonchev–Trinajstić information content (AvgIpc) is 2.48. The maximum absolute atomic E-state index is 12.1. The first-order chi connectivity index (χ1) is 9.34. The van der Waals surface area contributed by atoms with Gasteiger partial charge in [-0.05, 0) is 30.2 Å². The van der Waals surface area contributed by atoms with E-state index in [1.165, 1.54) is 17.4 Å². The van der Waals surface area contributed by atoms with E-state index in [1.807, 2.05) is 12.1 Å². The minimum absolute atomic E-state index is 0.234. The van der Waals surface area contributed by atoms with E-state index in [4.69, 9.17) is 9.47 Å². The molecule has 19 heavy (non-hydrogen) atoms. The molecule has 2 N–H and O–H groups in total. The number of carbonyl (C=O) groups is 1. The number of anilines is 1. The van der Waals surface area contributed by atoms with Crippen LogP contribution in [0.4, 0.5) is 5.69 Å². The number of fused-ring (bicyclic) bond motifs is 1. The number of nitrogens with one attached hydrogen (secondary N) is 2. The summed E-state index contributed by atoms with van der Waals surface area (Å²) in [5, 5.41) is 6.22. The number of benzene rings is 1. The second kappa shape index (κ2) is 5.32. The number of hydrogen-bond acceptors (Lipinski definition) is 4. The summed E-state index contributed by atoms with van der Waals surface area (Å²) in [4.78, 5) is 12.1. The Morgan fingerprint density at radius 1 is 1.32 bits per heavy atom. The third kappa shape index (κ3) is 2.56. The van der Waals surface area contributed by atoms with Crippen LogP contribution >= 0.6 is 0 Å². The van der Waals surface area contributed by atoms with E-state index >= 15 is 0 Å². The fraction of sp³-hybridized carbons (Fsp3) is 0.357. The number of rotatable bonds is 2. The summed E-state index contributed by atoms with van der Waals surface area (Å²) < 4.78 is 10.4. The minimum Gasteiger partial charge on any atom is -0.494 e. The van der Waals surface area contributed by atoms with Gasteiger partial charge in [-0.25, -0.2) is 0 Å². The molecule has 0 unspecified atom stereocenters. The van der Waals surface area contributed by atoms with Crippen LogP contribution in [0, 0.1) is 0 Å². The summed E-state index contributed by atoms with van der Waals surface area (Å²) in [5.41, 5.74) is 3.30. The molecule has 3 rings (SSSR count). The van der Waals surface area contributed by atoms with Gasteiger partial charge in [0.2, 0.25) is 5.76 Å². The lowest BCUT2D eigenvalue weighted by atomic mass is 9.99. The van der Waals surface area contributed by atoms with Crippen molar-refractivity contribution < 1.29 is 14.3 Å². The van der Waals surface area contributed by atoms with Gasteiger partial charge in [0.25, 0.3) is 5.91 Å².